The van der Waals surface area contributed by atoms with Crippen LogP contribution in [0.1, 0.15) is 12.8 Å². The zero-order valence-electron chi connectivity index (χ0n) is 11.8. The Hall–Kier alpha value is 1.30. The number of fused-ring (bicyclic) bond motifs is 2. The van der Waals surface area contributed by atoms with Crippen LogP contribution in [0.15, 0.2) is 15.3 Å². The number of rotatable bonds is 6. The highest BCUT2D eigenvalue weighted by molar-refractivity contribution is 14.1. The lowest BCUT2D eigenvalue weighted by Crippen LogP contribution is -2.40. The van der Waals surface area contributed by atoms with Crippen molar-refractivity contribution in [2.45, 2.75) is 25.0 Å². The average molecular weight is 770 g/mol. The van der Waals surface area contributed by atoms with Crippen LogP contribution in [-0.2, 0) is 23.8 Å². The molecule has 4 atom stereocenters. The molecule has 2 bridgehead atoms. The van der Waals surface area contributed by atoms with E-state index < -0.39 is 11.8 Å². The topological polar surface area (TPSA) is 61.8 Å². The Morgan fingerprint density at radius 2 is 1.30 bits per heavy atom. The van der Waals surface area contributed by atoms with Crippen molar-refractivity contribution in [3.8, 4) is 0 Å². The summed E-state index contributed by atoms with van der Waals surface area (Å²) in [6.07, 6.45) is 1.12. The summed E-state index contributed by atoms with van der Waals surface area (Å²) in [7, 11) is 0. The van der Waals surface area contributed by atoms with Gasteiger partial charge in [-0.15, -0.1) is 0 Å². The van der Waals surface area contributed by atoms with Crippen molar-refractivity contribution in [1.29, 1.82) is 0 Å². The first-order valence-electron chi connectivity index (χ1n) is 6.86. The lowest BCUT2D eigenvalue weighted by atomic mass is 9.79. The number of hydrogen-bond acceptors (Lipinski definition) is 5. The predicted molar refractivity (Wildman–Crippen MR) is 119 cm³/mol. The van der Waals surface area contributed by atoms with Gasteiger partial charge in [-0.25, -0.2) is 0 Å². The van der Waals surface area contributed by atoms with Crippen molar-refractivity contribution in [1.82, 2.24) is 0 Å². The fraction of sp³-hybridized carbons (Fsp3) is 0.571. The molecule has 0 spiro atoms. The minimum Gasteiger partial charge on any atom is -0.460 e. The Morgan fingerprint density at radius 1 is 0.913 bits per heavy atom. The fourth-order valence-electron chi connectivity index (χ4n) is 2.81. The minimum absolute atomic E-state index is 0.230. The third kappa shape index (κ3) is 5.39. The number of hydrogen-bond donors (Lipinski definition) is 0. The molecule has 2 rings (SSSR count). The molecule has 2 fully saturated rings. The molecule has 0 aliphatic carbocycles. The van der Waals surface area contributed by atoms with Crippen LogP contribution in [0.5, 0.6) is 0 Å². The van der Waals surface area contributed by atoms with Gasteiger partial charge in [-0.1, -0.05) is 45.2 Å². The summed E-state index contributed by atoms with van der Waals surface area (Å²) in [6.45, 7) is 0.459. The lowest BCUT2D eigenvalue weighted by Gasteiger charge is -2.24. The largest absolute Gasteiger partial charge is 0.460 e. The number of ether oxygens (including phenoxy) is 3. The summed E-state index contributed by atoms with van der Waals surface area (Å²) in [4.78, 5) is 24.8. The molecule has 0 radical (unpaired) electrons. The Labute approximate surface area is 189 Å². The van der Waals surface area contributed by atoms with Gasteiger partial charge < -0.3 is 14.2 Å². The van der Waals surface area contributed by atoms with Gasteiger partial charge in [-0.3, -0.25) is 9.59 Å². The van der Waals surface area contributed by atoms with Gasteiger partial charge in [-0.2, -0.15) is 0 Å². The van der Waals surface area contributed by atoms with Crippen LogP contribution in [0.4, 0.5) is 0 Å². The second kappa shape index (κ2) is 9.85. The van der Waals surface area contributed by atoms with E-state index in [0.717, 1.165) is 20.0 Å². The number of halogens is 4. The van der Waals surface area contributed by atoms with E-state index in [4.69, 9.17) is 14.2 Å². The molecule has 2 aliphatic heterocycles. The molecule has 2 aliphatic rings. The monoisotopic (exact) mass is 770 g/mol. The molecule has 2 saturated heterocycles. The smallest absolute Gasteiger partial charge is 0.312 e. The molecule has 0 aromatic rings. The van der Waals surface area contributed by atoms with E-state index in [0.29, 0.717) is 0 Å². The summed E-state index contributed by atoms with van der Waals surface area (Å²) in [5.41, 5.74) is 0. The summed E-state index contributed by atoms with van der Waals surface area (Å²) in [5.74, 6) is -1.85. The van der Waals surface area contributed by atoms with Crippen molar-refractivity contribution < 1.29 is 23.8 Å². The van der Waals surface area contributed by atoms with Gasteiger partial charge in [-0.05, 0) is 66.2 Å². The third-order valence-corrected chi connectivity index (χ3v) is 8.89. The van der Waals surface area contributed by atoms with Crippen LogP contribution in [0.25, 0.3) is 0 Å². The van der Waals surface area contributed by atoms with E-state index in [-0.39, 0.29) is 37.4 Å². The van der Waals surface area contributed by atoms with E-state index >= 15 is 0 Å². The Morgan fingerprint density at radius 3 is 1.65 bits per heavy atom. The standard InChI is InChI=1S/C14H14I4O5/c15-3-7(17)5-21-13(19)11-9-1-2-10(23-9)12(11)14(20)22-6-8(18)4-16/h3-4,9-12H,1-2,5-6H2/b7-3-,8-4-. The van der Waals surface area contributed by atoms with Gasteiger partial charge in [0.25, 0.3) is 0 Å². The molecule has 128 valence electrons. The molecule has 23 heavy (non-hydrogen) atoms. The zero-order chi connectivity index (χ0) is 17.0. The maximum atomic E-state index is 12.4. The second-order valence-electron chi connectivity index (χ2n) is 5.17. The number of esters is 2. The second-order valence-corrected chi connectivity index (χ2v) is 9.19. The van der Waals surface area contributed by atoms with Crippen molar-refractivity contribution in [2.24, 2.45) is 11.8 Å². The third-order valence-electron chi connectivity index (χ3n) is 3.76. The highest BCUT2D eigenvalue weighted by Gasteiger charge is 2.56. The van der Waals surface area contributed by atoms with E-state index in [1.54, 1.807) is 0 Å². The van der Waals surface area contributed by atoms with Gasteiger partial charge in [0.1, 0.15) is 13.2 Å². The molecular weight excluding hydrogens is 756 g/mol. The maximum Gasteiger partial charge on any atom is 0.312 e. The van der Waals surface area contributed by atoms with Crippen LogP contribution >= 0.6 is 90.4 Å². The molecule has 4 unspecified atom stereocenters. The maximum absolute atomic E-state index is 12.4. The van der Waals surface area contributed by atoms with Gasteiger partial charge in [0.2, 0.25) is 0 Å². The highest BCUT2D eigenvalue weighted by Crippen LogP contribution is 2.44. The van der Waals surface area contributed by atoms with Crippen molar-refractivity contribution in [3.63, 3.8) is 0 Å². The molecule has 0 amide bonds. The highest BCUT2D eigenvalue weighted by atomic mass is 127. The number of carbonyl (C=O) groups is 2. The molecule has 0 saturated carbocycles. The number of carbonyl (C=O) groups excluding carboxylic acids is 2. The predicted octanol–water partition coefficient (Wildman–Crippen LogP) is 4.29. The first-order chi connectivity index (χ1) is 11.0. The summed E-state index contributed by atoms with van der Waals surface area (Å²) in [6, 6.07) is 0. The average Bonchev–Trinajstić information content (AvgIpc) is 3.17. The summed E-state index contributed by atoms with van der Waals surface area (Å²) < 4.78 is 22.0. The molecule has 0 aromatic heterocycles. The Bertz CT molecular complexity index is 487. The van der Waals surface area contributed by atoms with Crippen molar-refractivity contribution >= 4 is 102 Å². The first-order valence-corrected chi connectivity index (χ1v) is 11.5. The van der Waals surface area contributed by atoms with E-state index in [1.807, 2.05) is 8.17 Å². The van der Waals surface area contributed by atoms with E-state index in [2.05, 4.69) is 90.4 Å². The van der Waals surface area contributed by atoms with E-state index in [1.165, 1.54) is 0 Å². The molecular formula is C14H14I4O5. The molecule has 0 N–H and O–H groups in total. The van der Waals surface area contributed by atoms with Gasteiger partial charge >= 0.3 is 11.9 Å². The normalized spacial score (nSPS) is 30.4. The van der Waals surface area contributed by atoms with Crippen molar-refractivity contribution in [3.05, 3.63) is 15.3 Å². The fourth-order valence-corrected chi connectivity index (χ4v) is 3.48. The first kappa shape index (κ1) is 20.6. The Kier molecular flexibility index (Phi) is 8.83. The quantitative estimate of drug-likeness (QED) is 0.299. The SMILES string of the molecule is O=C(OC/C(I)=C/I)C1C2CCC(O2)C1C(=O)OC/C(I)=C/I. The van der Waals surface area contributed by atoms with Gasteiger partial charge in [0, 0.05) is 7.16 Å². The minimum atomic E-state index is -0.555. The van der Waals surface area contributed by atoms with Gasteiger partial charge in [0.05, 0.1) is 24.0 Å². The van der Waals surface area contributed by atoms with Crippen LogP contribution in [0, 0.1) is 11.8 Å². The van der Waals surface area contributed by atoms with Gasteiger partial charge in [0.15, 0.2) is 0 Å². The summed E-state index contributed by atoms with van der Waals surface area (Å²) in [5, 5.41) is 0. The summed E-state index contributed by atoms with van der Waals surface area (Å²) >= 11 is 8.42. The van der Waals surface area contributed by atoms with Crippen LogP contribution in [0.2, 0.25) is 0 Å². The lowest BCUT2D eigenvalue weighted by molar-refractivity contribution is -0.159. The van der Waals surface area contributed by atoms with Crippen LogP contribution in [0.3, 0.4) is 0 Å². The van der Waals surface area contributed by atoms with Crippen LogP contribution < -0.4 is 0 Å². The zero-order valence-corrected chi connectivity index (χ0v) is 20.5. The molecule has 5 nitrogen and oxygen atoms in total. The Balaban J connectivity index is 2.01. The van der Waals surface area contributed by atoms with Crippen LogP contribution in [-0.4, -0.2) is 37.4 Å². The van der Waals surface area contributed by atoms with E-state index in [9.17, 15) is 9.59 Å². The molecule has 0 aromatic carbocycles. The molecule has 2 heterocycles. The van der Waals surface area contributed by atoms with Crippen molar-refractivity contribution in [2.75, 3.05) is 13.2 Å². The molecule has 9 heteroatoms.